The molecule has 1 aromatic rings. The Bertz CT molecular complexity index is 452. The first-order chi connectivity index (χ1) is 9.49. The van der Waals surface area contributed by atoms with Crippen molar-refractivity contribution in [3.63, 3.8) is 0 Å². The summed E-state index contributed by atoms with van der Waals surface area (Å²) in [6, 6.07) is 8.19. The minimum absolute atomic E-state index is 0.125. The van der Waals surface area contributed by atoms with Gasteiger partial charge in [0.2, 0.25) is 5.91 Å². The second kappa shape index (κ2) is 6.72. The number of carbonyl (C=O) groups is 1. The van der Waals surface area contributed by atoms with Gasteiger partial charge in [0.1, 0.15) is 0 Å². The van der Waals surface area contributed by atoms with E-state index >= 15 is 0 Å². The van der Waals surface area contributed by atoms with Gasteiger partial charge in [0.15, 0.2) is 0 Å². The molecule has 1 aliphatic carbocycles. The molecule has 1 aromatic carbocycles. The molecule has 0 saturated heterocycles. The molecule has 4 heteroatoms. The number of benzene rings is 1. The lowest BCUT2D eigenvalue weighted by Crippen LogP contribution is -2.42. The molecule has 0 aliphatic heterocycles. The van der Waals surface area contributed by atoms with E-state index in [4.69, 9.17) is 0 Å². The lowest BCUT2D eigenvalue weighted by Gasteiger charge is -2.34. The predicted molar refractivity (Wildman–Crippen MR) is 83.6 cm³/mol. The van der Waals surface area contributed by atoms with Gasteiger partial charge in [-0.25, -0.2) is 0 Å². The number of aliphatic hydroxyl groups is 1. The molecule has 2 rings (SSSR count). The maximum Gasteiger partial charge on any atom is 0.229 e. The van der Waals surface area contributed by atoms with E-state index in [-0.39, 0.29) is 24.0 Å². The molecule has 0 bridgehead atoms. The summed E-state index contributed by atoms with van der Waals surface area (Å²) >= 11 is 3.41. The van der Waals surface area contributed by atoms with Gasteiger partial charge >= 0.3 is 0 Å². The summed E-state index contributed by atoms with van der Waals surface area (Å²) in [4.78, 5) is 14.4. The highest BCUT2D eigenvalue weighted by Crippen LogP contribution is 2.26. The maximum absolute atomic E-state index is 12.6. The Morgan fingerprint density at radius 1 is 1.25 bits per heavy atom. The molecule has 0 spiro atoms. The second-order valence-electron chi connectivity index (χ2n) is 5.68. The Kier molecular flexibility index (Phi) is 5.22. The van der Waals surface area contributed by atoms with Crippen molar-refractivity contribution in [2.24, 2.45) is 0 Å². The van der Waals surface area contributed by atoms with Crippen LogP contribution in [0.2, 0.25) is 0 Å². The molecular formula is C16H22BrNO2. The summed E-state index contributed by atoms with van der Waals surface area (Å²) < 4.78 is 1.02. The zero-order valence-corrected chi connectivity index (χ0v) is 13.6. The molecule has 3 nitrogen and oxygen atoms in total. The number of aliphatic hydroxyl groups excluding tert-OH is 1. The highest BCUT2D eigenvalue weighted by atomic mass is 79.9. The highest BCUT2D eigenvalue weighted by molar-refractivity contribution is 9.10. The predicted octanol–water partition coefficient (Wildman–Crippen LogP) is 3.31. The third-order valence-electron chi connectivity index (χ3n) is 4.30. The van der Waals surface area contributed by atoms with Crippen LogP contribution in [0.1, 0.15) is 44.1 Å². The van der Waals surface area contributed by atoms with Crippen LogP contribution in [0.5, 0.6) is 0 Å². The summed E-state index contributed by atoms with van der Waals surface area (Å²) in [6.07, 6.45) is 3.22. The molecule has 1 N–H and O–H groups in total. The first-order valence-corrected chi connectivity index (χ1v) is 7.98. The molecule has 0 radical (unpaired) electrons. The highest BCUT2D eigenvalue weighted by Gasteiger charge is 2.28. The number of rotatable bonds is 3. The average Bonchev–Trinajstić information content (AvgIpc) is 2.46. The standard InChI is InChI=1S/C16H22BrNO2/c1-11(12-3-5-13(17)6-4-12)16(20)18(2)14-7-9-15(19)10-8-14/h3-6,11,14-15,19H,7-10H2,1-2H3/t11?,14-,15+. The molecule has 20 heavy (non-hydrogen) atoms. The summed E-state index contributed by atoms with van der Waals surface area (Å²) in [6.45, 7) is 1.96. The fourth-order valence-corrected chi connectivity index (χ4v) is 3.09. The number of halogens is 1. The fraction of sp³-hybridized carbons (Fsp3) is 0.562. The van der Waals surface area contributed by atoms with Crippen molar-refractivity contribution in [2.75, 3.05) is 7.05 Å². The first-order valence-electron chi connectivity index (χ1n) is 7.19. The van der Waals surface area contributed by atoms with Crippen molar-refractivity contribution in [2.45, 2.75) is 50.7 Å². The van der Waals surface area contributed by atoms with E-state index in [0.717, 1.165) is 35.7 Å². The number of likely N-dealkylation sites (N-methyl/N-ethyl adjacent to an activating group) is 1. The van der Waals surface area contributed by atoms with E-state index in [1.807, 2.05) is 43.1 Å². The Hall–Kier alpha value is -0.870. The number of nitrogens with zero attached hydrogens (tertiary/aromatic N) is 1. The zero-order valence-electron chi connectivity index (χ0n) is 12.1. The van der Waals surface area contributed by atoms with E-state index in [9.17, 15) is 9.90 Å². The van der Waals surface area contributed by atoms with Gasteiger partial charge in [-0.1, -0.05) is 28.1 Å². The number of amides is 1. The SMILES string of the molecule is CC(C(=O)N(C)[C@H]1CC[C@@H](O)CC1)c1ccc(Br)cc1. The normalized spacial score (nSPS) is 24.2. The summed E-state index contributed by atoms with van der Waals surface area (Å²) in [5.74, 6) is 0.0358. The average molecular weight is 340 g/mol. The summed E-state index contributed by atoms with van der Waals surface area (Å²) in [5, 5.41) is 9.55. The third-order valence-corrected chi connectivity index (χ3v) is 4.83. The molecule has 0 aromatic heterocycles. The van der Waals surface area contributed by atoms with Crippen LogP contribution in [0.25, 0.3) is 0 Å². The molecule has 1 unspecified atom stereocenters. The van der Waals surface area contributed by atoms with Gasteiger partial charge in [0.05, 0.1) is 12.0 Å². The summed E-state index contributed by atoms with van der Waals surface area (Å²) in [7, 11) is 1.89. The van der Waals surface area contributed by atoms with Crippen LogP contribution >= 0.6 is 15.9 Å². The van der Waals surface area contributed by atoms with Gasteiger partial charge in [-0.15, -0.1) is 0 Å². The van der Waals surface area contributed by atoms with Crippen LogP contribution in [0.15, 0.2) is 28.7 Å². The number of hydrogen-bond donors (Lipinski definition) is 1. The van der Waals surface area contributed by atoms with Gasteiger partial charge < -0.3 is 10.0 Å². The van der Waals surface area contributed by atoms with Crippen LogP contribution in [0.3, 0.4) is 0 Å². The molecular weight excluding hydrogens is 318 g/mol. The molecule has 1 saturated carbocycles. The number of hydrogen-bond acceptors (Lipinski definition) is 2. The summed E-state index contributed by atoms with van der Waals surface area (Å²) in [5.41, 5.74) is 1.04. The first kappa shape index (κ1) is 15.5. The van der Waals surface area contributed by atoms with Gasteiger partial charge in [-0.3, -0.25) is 4.79 Å². The Morgan fingerprint density at radius 2 is 1.80 bits per heavy atom. The maximum atomic E-state index is 12.6. The molecule has 1 fully saturated rings. The van der Waals surface area contributed by atoms with E-state index in [2.05, 4.69) is 15.9 Å². The van der Waals surface area contributed by atoms with Crippen LogP contribution in [0.4, 0.5) is 0 Å². The van der Waals surface area contributed by atoms with Crippen LogP contribution in [0, 0.1) is 0 Å². The lowest BCUT2D eigenvalue weighted by molar-refractivity contribution is -0.134. The fourth-order valence-electron chi connectivity index (χ4n) is 2.82. The van der Waals surface area contributed by atoms with E-state index < -0.39 is 0 Å². The Morgan fingerprint density at radius 3 is 2.35 bits per heavy atom. The van der Waals surface area contributed by atoms with Crippen molar-refractivity contribution in [1.82, 2.24) is 4.90 Å². The van der Waals surface area contributed by atoms with Crippen molar-refractivity contribution in [1.29, 1.82) is 0 Å². The zero-order chi connectivity index (χ0) is 14.7. The van der Waals surface area contributed by atoms with Crippen molar-refractivity contribution >= 4 is 21.8 Å². The van der Waals surface area contributed by atoms with Crippen molar-refractivity contribution in [3.05, 3.63) is 34.3 Å². The van der Waals surface area contributed by atoms with Crippen LogP contribution < -0.4 is 0 Å². The van der Waals surface area contributed by atoms with Gasteiger partial charge in [-0.2, -0.15) is 0 Å². The van der Waals surface area contributed by atoms with Gasteiger partial charge in [0.25, 0.3) is 0 Å². The molecule has 1 amide bonds. The van der Waals surface area contributed by atoms with E-state index in [1.165, 1.54) is 0 Å². The minimum atomic E-state index is -0.182. The number of carbonyl (C=O) groups excluding carboxylic acids is 1. The third kappa shape index (κ3) is 3.61. The van der Waals surface area contributed by atoms with Crippen LogP contribution in [-0.2, 0) is 4.79 Å². The smallest absolute Gasteiger partial charge is 0.229 e. The molecule has 1 aliphatic rings. The van der Waals surface area contributed by atoms with Gasteiger partial charge in [0, 0.05) is 17.6 Å². The van der Waals surface area contributed by atoms with E-state index in [0.29, 0.717) is 0 Å². The van der Waals surface area contributed by atoms with Crippen molar-refractivity contribution < 1.29 is 9.90 Å². The Balaban J connectivity index is 2.00. The molecule has 0 heterocycles. The molecule has 110 valence electrons. The molecule has 1 atom stereocenters. The topological polar surface area (TPSA) is 40.5 Å². The Labute approximate surface area is 129 Å². The second-order valence-corrected chi connectivity index (χ2v) is 6.60. The van der Waals surface area contributed by atoms with E-state index in [1.54, 1.807) is 0 Å². The van der Waals surface area contributed by atoms with Crippen molar-refractivity contribution in [3.8, 4) is 0 Å². The minimum Gasteiger partial charge on any atom is -0.393 e. The van der Waals surface area contributed by atoms with Gasteiger partial charge in [-0.05, 0) is 50.3 Å². The largest absolute Gasteiger partial charge is 0.393 e. The van der Waals surface area contributed by atoms with Crippen LogP contribution in [-0.4, -0.2) is 35.1 Å². The lowest BCUT2D eigenvalue weighted by atomic mass is 9.91. The monoisotopic (exact) mass is 339 g/mol. The quantitative estimate of drug-likeness (QED) is 0.917.